The lowest BCUT2D eigenvalue weighted by molar-refractivity contribution is 0.0748. The molecule has 3 nitrogen and oxygen atoms in total. The number of carbonyl (C=O) groups excluding carboxylic acids is 1. The summed E-state index contributed by atoms with van der Waals surface area (Å²) in [5.74, 6) is 0.0850. The third-order valence-corrected chi connectivity index (χ3v) is 2.42. The van der Waals surface area contributed by atoms with Crippen LogP contribution in [0.15, 0.2) is 24.3 Å². The van der Waals surface area contributed by atoms with Crippen molar-refractivity contribution in [3.8, 4) is 0 Å². The van der Waals surface area contributed by atoms with Gasteiger partial charge in [-0.25, -0.2) is 0 Å². The molecule has 2 rings (SSSR count). The average Bonchev–Trinajstić information content (AvgIpc) is 2.15. The number of benzene rings is 1. The standard InChI is InChI=1S/C10H12N2O/c1-7-11-9-6-4-3-5-8(9)10(13)12(7)2/h3-7,11H,1-2H3. The predicted octanol–water partition coefficient (Wildman–Crippen LogP) is 1.53. The van der Waals surface area contributed by atoms with E-state index in [4.69, 9.17) is 0 Å². The number of rotatable bonds is 0. The van der Waals surface area contributed by atoms with Gasteiger partial charge in [0.15, 0.2) is 0 Å². The first kappa shape index (κ1) is 8.10. The van der Waals surface area contributed by atoms with E-state index in [9.17, 15) is 4.79 Å². The number of hydrogen-bond donors (Lipinski definition) is 1. The molecule has 1 aromatic carbocycles. The predicted molar refractivity (Wildman–Crippen MR) is 51.6 cm³/mol. The zero-order valence-corrected chi connectivity index (χ0v) is 7.74. The van der Waals surface area contributed by atoms with E-state index in [1.807, 2.05) is 31.2 Å². The Morgan fingerprint density at radius 3 is 2.85 bits per heavy atom. The number of anilines is 1. The molecule has 1 unspecified atom stereocenters. The van der Waals surface area contributed by atoms with Gasteiger partial charge in [0.2, 0.25) is 0 Å². The van der Waals surface area contributed by atoms with Gasteiger partial charge in [0.25, 0.3) is 5.91 Å². The Kier molecular flexibility index (Phi) is 1.72. The normalized spacial score (nSPS) is 20.9. The maximum absolute atomic E-state index is 11.7. The van der Waals surface area contributed by atoms with Crippen LogP contribution in [0.2, 0.25) is 0 Å². The second-order valence-corrected chi connectivity index (χ2v) is 3.28. The summed E-state index contributed by atoms with van der Waals surface area (Å²) < 4.78 is 0. The Labute approximate surface area is 77.4 Å². The van der Waals surface area contributed by atoms with Gasteiger partial charge in [0.05, 0.1) is 11.7 Å². The average molecular weight is 176 g/mol. The fourth-order valence-corrected chi connectivity index (χ4v) is 1.48. The Morgan fingerprint density at radius 2 is 2.08 bits per heavy atom. The summed E-state index contributed by atoms with van der Waals surface area (Å²) in [4.78, 5) is 13.4. The highest BCUT2D eigenvalue weighted by molar-refractivity contribution is 6.01. The molecule has 0 fully saturated rings. The summed E-state index contributed by atoms with van der Waals surface area (Å²) in [6, 6.07) is 7.57. The van der Waals surface area contributed by atoms with Crippen LogP contribution in [-0.2, 0) is 0 Å². The summed E-state index contributed by atoms with van der Waals surface area (Å²) in [5.41, 5.74) is 1.68. The zero-order valence-electron chi connectivity index (χ0n) is 7.74. The molecule has 1 heterocycles. The van der Waals surface area contributed by atoms with Crippen molar-refractivity contribution in [2.75, 3.05) is 12.4 Å². The van der Waals surface area contributed by atoms with Crippen LogP contribution >= 0.6 is 0 Å². The van der Waals surface area contributed by atoms with Crippen molar-refractivity contribution in [2.45, 2.75) is 13.1 Å². The zero-order chi connectivity index (χ0) is 9.42. The minimum Gasteiger partial charge on any atom is -0.365 e. The smallest absolute Gasteiger partial charge is 0.257 e. The van der Waals surface area contributed by atoms with E-state index in [-0.39, 0.29) is 12.1 Å². The molecule has 0 saturated heterocycles. The number of para-hydroxylation sites is 1. The molecule has 1 N–H and O–H groups in total. The summed E-state index contributed by atoms with van der Waals surface area (Å²) >= 11 is 0. The van der Waals surface area contributed by atoms with Crippen molar-refractivity contribution < 1.29 is 4.79 Å². The topological polar surface area (TPSA) is 32.3 Å². The Morgan fingerprint density at radius 1 is 1.38 bits per heavy atom. The molecule has 0 aromatic heterocycles. The molecule has 1 aromatic rings. The third kappa shape index (κ3) is 1.16. The SMILES string of the molecule is CC1Nc2ccccc2C(=O)N1C. The first-order valence-electron chi connectivity index (χ1n) is 4.33. The monoisotopic (exact) mass is 176 g/mol. The minimum atomic E-state index is 0.0717. The van der Waals surface area contributed by atoms with Crippen molar-refractivity contribution in [3.05, 3.63) is 29.8 Å². The lowest BCUT2D eigenvalue weighted by Crippen LogP contribution is -2.44. The molecular formula is C10H12N2O. The molecule has 1 aliphatic heterocycles. The molecule has 1 atom stereocenters. The number of amides is 1. The van der Waals surface area contributed by atoms with Gasteiger partial charge < -0.3 is 10.2 Å². The maximum Gasteiger partial charge on any atom is 0.257 e. The molecular weight excluding hydrogens is 164 g/mol. The van der Waals surface area contributed by atoms with Crippen molar-refractivity contribution in [2.24, 2.45) is 0 Å². The Balaban J connectivity index is 2.49. The van der Waals surface area contributed by atoms with E-state index < -0.39 is 0 Å². The molecule has 1 aliphatic rings. The van der Waals surface area contributed by atoms with E-state index in [0.29, 0.717) is 0 Å². The number of fused-ring (bicyclic) bond motifs is 1. The third-order valence-electron chi connectivity index (χ3n) is 2.42. The van der Waals surface area contributed by atoms with Crippen LogP contribution in [0.4, 0.5) is 5.69 Å². The van der Waals surface area contributed by atoms with E-state index in [0.717, 1.165) is 11.3 Å². The highest BCUT2D eigenvalue weighted by Gasteiger charge is 2.25. The van der Waals surface area contributed by atoms with Crippen LogP contribution in [0.1, 0.15) is 17.3 Å². The summed E-state index contributed by atoms with van der Waals surface area (Å²) in [7, 11) is 1.80. The lowest BCUT2D eigenvalue weighted by atomic mass is 10.1. The first-order valence-corrected chi connectivity index (χ1v) is 4.33. The fraction of sp³-hybridized carbons (Fsp3) is 0.300. The van der Waals surface area contributed by atoms with Crippen LogP contribution in [0.5, 0.6) is 0 Å². The molecule has 0 bridgehead atoms. The second-order valence-electron chi connectivity index (χ2n) is 3.28. The Hall–Kier alpha value is -1.51. The van der Waals surface area contributed by atoms with Gasteiger partial charge in [-0.15, -0.1) is 0 Å². The van der Waals surface area contributed by atoms with Crippen LogP contribution in [-0.4, -0.2) is 24.0 Å². The van der Waals surface area contributed by atoms with Gasteiger partial charge >= 0.3 is 0 Å². The summed E-state index contributed by atoms with van der Waals surface area (Å²) in [6.45, 7) is 1.97. The van der Waals surface area contributed by atoms with Gasteiger partial charge in [-0.3, -0.25) is 4.79 Å². The van der Waals surface area contributed by atoms with Gasteiger partial charge in [-0.2, -0.15) is 0 Å². The molecule has 0 radical (unpaired) electrons. The number of carbonyl (C=O) groups is 1. The molecule has 1 amide bonds. The number of nitrogens with zero attached hydrogens (tertiary/aromatic N) is 1. The molecule has 0 saturated carbocycles. The molecule has 68 valence electrons. The quantitative estimate of drug-likeness (QED) is 0.650. The van der Waals surface area contributed by atoms with Gasteiger partial charge in [-0.05, 0) is 19.1 Å². The number of nitrogens with one attached hydrogen (secondary N) is 1. The maximum atomic E-state index is 11.7. The van der Waals surface area contributed by atoms with E-state index in [2.05, 4.69) is 5.32 Å². The molecule has 13 heavy (non-hydrogen) atoms. The van der Waals surface area contributed by atoms with Gasteiger partial charge in [0, 0.05) is 12.7 Å². The highest BCUT2D eigenvalue weighted by Crippen LogP contribution is 2.23. The highest BCUT2D eigenvalue weighted by atomic mass is 16.2. The van der Waals surface area contributed by atoms with E-state index in [1.165, 1.54) is 0 Å². The first-order chi connectivity index (χ1) is 6.20. The van der Waals surface area contributed by atoms with E-state index >= 15 is 0 Å². The molecule has 0 spiro atoms. The second kappa shape index (κ2) is 2.76. The van der Waals surface area contributed by atoms with Crippen LogP contribution in [0, 0.1) is 0 Å². The largest absolute Gasteiger partial charge is 0.365 e. The fourth-order valence-electron chi connectivity index (χ4n) is 1.48. The summed E-state index contributed by atoms with van der Waals surface area (Å²) in [6.07, 6.45) is 0.0717. The molecule has 0 aliphatic carbocycles. The van der Waals surface area contributed by atoms with Crippen LogP contribution in [0.25, 0.3) is 0 Å². The van der Waals surface area contributed by atoms with Crippen LogP contribution in [0.3, 0.4) is 0 Å². The van der Waals surface area contributed by atoms with Crippen molar-refractivity contribution >= 4 is 11.6 Å². The van der Waals surface area contributed by atoms with Crippen molar-refractivity contribution in [3.63, 3.8) is 0 Å². The van der Waals surface area contributed by atoms with E-state index in [1.54, 1.807) is 11.9 Å². The lowest BCUT2D eigenvalue weighted by Gasteiger charge is -2.32. The summed E-state index contributed by atoms with van der Waals surface area (Å²) in [5, 5.41) is 3.25. The van der Waals surface area contributed by atoms with Gasteiger partial charge in [0.1, 0.15) is 0 Å². The van der Waals surface area contributed by atoms with Crippen LogP contribution < -0.4 is 5.32 Å². The minimum absolute atomic E-state index is 0.0717. The number of hydrogen-bond acceptors (Lipinski definition) is 2. The molecule has 3 heteroatoms. The van der Waals surface area contributed by atoms with Gasteiger partial charge in [-0.1, -0.05) is 12.1 Å². The Bertz CT molecular complexity index is 349. The van der Waals surface area contributed by atoms with Crippen molar-refractivity contribution in [1.29, 1.82) is 0 Å². The van der Waals surface area contributed by atoms with Crippen molar-refractivity contribution in [1.82, 2.24) is 4.90 Å².